The number of nitrogens with zero attached hydrogens (tertiary/aromatic N) is 2. The van der Waals surface area contributed by atoms with Crippen LogP contribution >= 0.6 is 34.8 Å². The molecule has 0 unspecified atom stereocenters. The molecule has 0 N–H and O–H groups in total. The second kappa shape index (κ2) is 9.90. The highest BCUT2D eigenvalue weighted by Gasteiger charge is 2.28. The zero-order valence-electron chi connectivity index (χ0n) is 16.8. The van der Waals surface area contributed by atoms with Crippen molar-refractivity contribution >= 4 is 46.4 Å². The molecule has 8 heteroatoms. The number of halogens is 4. The third-order valence-corrected chi connectivity index (χ3v) is 6.20. The van der Waals surface area contributed by atoms with Crippen molar-refractivity contribution in [2.75, 3.05) is 6.54 Å². The Morgan fingerprint density at radius 1 is 1.00 bits per heavy atom. The average molecular weight is 492 g/mol. The fourth-order valence-electron chi connectivity index (χ4n) is 3.47. The molecular weight excluding hydrogens is 474 g/mol. The van der Waals surface area contributed by atoms with Crippen LogP contribution in [0, 0.1) is 5.82 Å². The summed E-state index contributed by atoms with van der Waals surface area (Å²) < 4.78 is 13.7. The van der Waals surface area contributed by atoms with Crippen molar-refractivity contribution in [2.45, 2.75) is 19.1 Å². The highest BCUT2D eigenvalue weighted by atomic mass is 35.5. The van der Waals surface area contributed by atoms with Crippen molar-refractivity contribution in [3.05, 3.63) is 104 Å². The first kappa shape index (κ1) is 22.6. The lowest BCUT2D eigenvalue weighted by Crippen LogP contribution is -2.37. The standard InChI is InChI=1S/C24H18Cl3FN2O2/c25-20-7-2-1-4-17(20)13-30(24(31)16-5-3-6-18(28)10-16)14-19-12-23(29-32-19)15-8-9-21(26)22(27)11-15/h1-11,19H,12-14H2/t19-/m1/s1. The van der Waals surface area contributed by atoms with E-state index in [9.17, 15) is 9.18 Å². The van der Waals surface area contributed by atoms with Gasteiger partial charge in [-0.1, -0.05) is 70.3 Å². The van der Waals surface area contributed by atoms with Gasteiger partial charge in [0.1, 0.15) is 5.82 Å². The van der Waals surface area contributed by atoms with Crippen LogP contribution in [0.4, 0.5) is 4.39 Å². The number of oxime groups is 1. The maximum absolute atomic E-state index is 13.7. The fraction of sp³-hybridized carbons (Fsp3) is 0.167. The van der Waals surface area contributed by atoms with Crippen molar-refractivity contribution in [3.8, 4) is 0 Å². The Kier molecular flexibility index (Phi) is 6.99. The van der Waals surface area contributed by atoms with Crippen LogP contribution in [0.1, 0.15) is 27.9 Å². The van der Waals surface area contributed by atoms with Gasteiger partial charge in [-0.25, -0.2) is 4.39 Å². The van der Waals surface area contributed by atoms with Gasteiger partial charge in [0.15, 0.2) is 6.10 Å². The third-order valence-electron chi connectivity index (χ3n) is 5.09. The van der Waals surface area contributed by atoms with E-state index in [4.69, 9.17) is 39.6 Å². The maximum Gasteiger partial charge on any atom is 0.254 e. The minimum atomic E-state index is -0.476. The molecule has 4 rings (SSSR count). The number of carbonyl (C=O) groups is 1. The zero-order chi connectivity index (χ0) is 22.7. The van der Waals surface area contributed by atoms with Crippen molar-refractivity contribution in [3.63, 3.8) is 0 Å². The van der Waals surface area contributed by atoms with Gasteiger partial charge in [-0.3, -0.25) is 4.79 Å². The van der Waals surface area contributed by atoms with E-state index in [1.165, 1.54) is 18.2 Å². The molecule has 3 aromatic rings. The lowest BCUT2D eigenvalue weighted by atomic mass is 10.0. The molecule has 0 aromatic heterocycles. The molecule has 164 valence electrons. The van der Waals surface area contributed by atoms with Gasteiger partial charge in [0.25, 0.3) is 5.91 Å². The van der Waals surface area contributed by atoms with Crippen LogP contribution in [0.15, 0.2) is 71.9 Å². The van der Waals surface area contributed by atoms with Gasteiger partial charge < -0.3 is 9.74 Å². The maximum atomic E-state index is 13.7. The SMILES string of the molecule is O=C(c1cccc(F)c1)N(Cc1ccccc1Cl)C[C@H]1CC(c2ccc(Cl)c(Cl)c2)=NO1. The predicted molar refractivity (Wildman–Crippen MR) is 125 cm³/mol. The van der Waals surface area contributed by atoms with Gasteiger partial charge in [0.2, 0.25) is 0 Å². The Morgan fingerprint density at radius 2 is 1.81 bits per heavy atom. The van der Waals surface area contributed by atoms with Crippen molar-refractivity contribution in [1.29, 1.82) is 0 Å². The minimum Gasteiger partial charge on any atom is -0.390 e. The van der Waals surface area contributed by atoms with E-state index in [0.29, 0.717) is 27.2 Å². The number of carbonyl (C=O) groups excluding carboxylic acids is 1. The van der Waals surface area contributed by atoms with Gasteiger partial charge in [-0.2, -0.15) is 0 Å². The summed E-state index contributed by atoms with van der Waals surface area (Å²) in [6.45, 7) is 0.492. The van der Waals surface area contributed by atoms with Crippen LogP contribution in [0.2, 0.25) is 15.1 Å². The van der Waals surface area contributed by atoms with E-state index in [1.807, 2.05) is 24.3 Å². The first-order chi connectivity index (χ1) is 15.4. The number of hydrogen-bond acceptors (Lipinski definition) is 3. The monoisotopic (exact) mass is 490 g/mol. The normalized spacial score (nSPS) is 15.2. The first-order valence-corrected chi connectivity index (χ1v) is 11.0. The summed E-state index contributed by atoms with van der Waals surface area (Å²) >= 11 is 18.4. The van der Waals surface area contributed by atoms with Crippen LogP contribution in [-0.4, -0.2) is 29.2 Å². The Balaban J connectivity index is 1.53. The number of benzene rings is 3. The largest absolute Gasteiger partial charge is 0.390 e. The number of rotatable bonds is 6. The molecule has 1 aliphatic heterocycles. The molecule has 1 atom stereocenters. The molecular formula is C24H18Cl3FN2O2. The first-order valence-electron chi connectivity index (χ1n) is 9.87. The summed E-state index contributed by atoms with van der Waals surface area (Å²) in [5, 5.41) is 5.60. The Bertz CT molecular complexity index is 1190. The summed E-state index contributed by atoms with van der Waals surface area (Å²) in [5.74, 6) is -0.799. The Labute approximate surface area is 200 Å². The highest BCUT2D eigenvalue weighted by molar-refractivity contribution is 6.42. The highest BCUT2D eigenvalue weighted by Crippen LogP contribution is 2.26. The van der Waals surface area contributed by atoms with Gasteiger partial charge in [-0.05, 0) is 42.0 Å². The van der Waals surface area contributed by atoms with E-state index in [1.54, 1.807) is 29.2 Å². The zero-order valence-corrected chi connectivity index (χ0v) is 19.0. The summed E-state index contributed by atoms with van der Waals surface area (Å²) in [4.78, 5) is 20.4. The summed E-state index contributed by atoms with van der Waals surface area (Å²) in [6.07, 6.45) is 0.104. The molecule has 0 fully saturated rings. The third kappa shape index (κ3) is 5.23. The lowest BCUT2D eigenvalue weighted by molar-refractivity contribution is 0.0405. The molecule has 1 heterocycles. The van der Waals surface area contributed by atoms with Crippen LogP contribution in [0.3, 0.4) is 0 Å². The molecule has 0 radical (unpaired) electrons. The van der Waals surface area contributed by atoms with E-state index < -0.39 is 5.82 Å². The minimum absolute atomic E-state index is 0.245. The molecule has 1 amide bonds. The molecule has 0 saturated carbocycles. The summed E-state index contributed by atoms with van der Waals surface area (Å²) in [6, 6.07) is 18.1. The number of amides is 1. The molecule has 0 saturated heterocycles. The molecule has 1 aliphatic rings. The summed E-state index contributed by atoms with van der Waals surface area (Å²) in [7, 11) is 0. The van der Waals surface area contributed by atoms with Crippen LogP contribution in [-0.2, 0) is 11.4 Å². The molecule has 32 heavy (non-hydrogen) atoms. The van der Waals surface area contributed by atoms with Gasteiger partial charge in [0, 0.05) is 29.1 Å². The molecule has 4 nitrogen and oxygen atoms in total. The number of hydrogen-bond donors (Lipinski definition) is 0. The van der Waals surface area contributed by atoms with Crippen molar-refractivity contribution in [2.24, 2.45) is 5.16 Å². The molecule has 0 bridgehead atoms. The average Bonchev–Trinajstić information content (AvgIpc) is 3.25. The van der Waals surface area contributed by atoms with Crippen molar-refractivity contribution in [1.82, 2.24) is 4.90 Å². The quantitative estimate of drug-likeness (QED) is 0.389. The van der Waals surface area contributed by atoms with Crippen LogP contribution in [0.25, 0.3) is 0 Å². The fourth-order valence-corrected chi connectivity index (χ4v) is 3.97. The van der Waals surface area contributed by atoms with E-state index in [-0.39, 0.29) is 30.7 Å². The predicted octanol–water partition coefficient (Wildman–Crippen LogP) is 6.62. The molecule has 0 aliphatic carbocycles. The van der Waals surface area contributed by atoms with Gasteiger partial charge in [-0.15, -0.1) is 0 Å². The Morgan fingerprint density at radius 3 is 2.56 bits per heavy atom. The van der Waals surface area contributed by atoms with Gasteiger partial charge >= 0.3 is 0 Å². The molecule has 3 aromatic carbocycles. The Hall–Kier alpha value is -2.60. The molecule has 0 spiro atoms. The topological polar surface area (TPSA) is 41.9 Å². The second-order valence-electron chi connectivity index (χ2n) is 7.39. The van der Waals surface area contributed by atoms with Crippen molar-refractivity contribution < 1.29 is 14.0 Å². The van der Waals surface area contributed by atoms with Gasteiger partial charge in [0.05, 0.1) is 22.3 Å². The van der Waals surface area contributed by atoms with E-state index in [2.05, 4.69) is 5.16 Å². The van der Waals surface area contributed by atoms with E-state index in [0.717, 1.165) is 11.1 Å². The smallest absolute Gasteiger partial charge is 0.254 e. The van der Waals surface area contributed by atoms with Crippen LogP contribution < -0.4 is 0 Å². The lowest BCUT2D eigenvalue weighted by Gasteiger charge is -2.25. The van der Waals surface area contributed by atoms with Crippen LogP contribution in [0.5, 0.6) is 0 Å². The van der Waals surface area contributed by atoms with E-state index >= 15 is 0 Å². The summed E-state index contributed by atoms with van der Waals surface area (Å²) in [5.41, 5.74) is 2.55. The second-order valence-corrected chi connectivity index (χ2v) is 8.61.